The van der Waals surface area contributed by atoms with E-state index in [0.717, 1.165) is 56.0 Å². The number of nitrogens with zero attached hydrogens (tertiary/aromatic N) is 1. The second-order valence-corrected chi connectivity index (χ2v) is 8.68. The minimum Gasteiger partial charge on any atom is -0.492 e. The molecule has 1 aromatic carbocycles. The van der Waals surface area contributed by atoms with Crippen LogP contribution in [0.25, 0.3) is 0 Å². The van der Waals surface area contributed by atoms with Gasteiger partial charge < -0.3 is 14.8 Å². The summed E-state index contributed by atoms with van der Waals surface area (Å²) in [6.07, 6.45) is 4.11. The normalized spacial score (nSPS) is 34.3. The van der Waals surface area contributed by atoms with Gasteiger partial charge in [0.1, 0.15) is 12.4 Å². The van der Waals surface area contributed by atoms with Crippen molar-refractivity contribution in [2.24, 2.45) is 29.6 Å². The molecule has 146 valence electrons. The van der Waals surface area contributed by atoms with Crippen LogP contribution in [0.4, 0.5) is 0 Å². The van der Waals surface area contributed by atoms with E-state index in [4.69, 9.17) is 9.47 Å². The summed E-state index contributed by atoms with van der Waals surface area (Å²) in [5, 5.41) is 3.18. The van der Waals surface area contributed by atoms with E-state index >= 15 is 0 Å². The minimum absolute atomic E-state index is 0.278. The molecular formula is C22H30N2O3. The van der Waals surface area contributed by atoms with Gasteiger partial charge in [-0.2, -0.15) is 0 Å². The van der Waals surface area contributed by atoms with Crippen molar-refractivity contribution in [2.45, 2.75) is 25.8 Å². The molecule has 1 N–H and O–H groups in total. The van der Waals surface area contributed by atoms with Gasteiger partial charge in [-0.3, -0.25) is 9.69 Å². The molecule has 2 bridgehead atoms. The highest BCUT2D eigenvalue weighted by atomic mass is 16.5. The van der Waals surface area contributed by atoms with Crippen LogP contribution in [0.1, 0.15) is 24.8 Å². The number of amides is 1. The zero-order valence-electron chi connectivity index (χ0n) is 15.9. The molecule has 0 unspecified atom stereocenters. The predicted molar refractivity (Wildman–Crippen MR) is 102 cm³/mol. The highest BCUT2D eigenvalue weighted by Gasteiger charge is 2.67. The summed E-state index contributed by atoms with van der Waals surface area (Å²) in [5.41, 5.74) is 1.11. The Morgan fingerprint density at radius 2 is 1.96 bits per heavy atom. The summed E-state index contributed by atoms with van der Waals surface area (Å²) in [4.78, 5) is 15.0. The predicted octanol–water partition coefficient (Wildman–Crippen LogP) is 2.31. The lowest BCUT2D eigenvalue weighted by Crippen LogP contribution is -2.38. The van der Waals surface area contributed by atoms with Crippen LogP contribution in [0, 0.1) is 29.6 Å². The van der Waals surface area contributed by atoms with Crippen molar-refractivity contribution >= 4 is 5.91 Å². The van der Waals surface area contributed by atoms with Gasteiger partial charge in [0.15, 0.2) is 0 Å². The molecule has 1 aromatic rings. The Bertz CT molecular complexity index is 672. The molecular weight excluding hydrogens is 340 g/mol. The fourth-order valence-corrected chi connectivity index (χ4v) is 5.85. The van der Waals surface area contributed by atoms with Gasteiger partial charge in [-0.15, -0.1) is 0 Å². The number of ether oxygens (including phenoxy) is 2. The second-order valence-electron chi connectivity index (χ2n) is 8.68. The number of morpholine rings is 1. The quantitative estimate of drug-likeness (QED) is 0.800. The van der Waals surface area contributed by atoms with Crippen molar-refractivity contribution in [2.75, 3.05) is 39.5 Å². The largest absolute Gasteiger partial charge is 0.492 e. The molecule has 1 aliphatic heterocycles. The third-order valence-corrected chi connectivity index (χ3v) is 7.18. The van der Waals surface area contributed by atoms with E-state index < -0.39 is 0 Å². The number of carbonyl (C=O) groups excluding carboxylic acids is 1. The van der Waals surface area contributed by atoms with Gasteiger partial charge in [0.05, 0.1) is 13.2 Å². The van der Waals surface area contributed by atoms with Crippen LogP contribution in [0.5, 0.6) is 5.75 Å². The molecule has 0 spiro atoms. The zero-order chi connectivity index (χ0) is 18.2. The molecule has 1 heterocycles. The first kappa shape index (κ1) is 17.5. The van der Waals surface area contributed by atoms with Crippen molar-refractivity contribution in [1.29, 1.82) is 0 Å². The molecule has 3 saturated carbocycles. The molecule has 3 aliphatic carbocycles. The number of carbonyl (C=O) groups is 1. The lowest BCUT2D eigenvalue weighted by molar-refractivity contribution is -0.123. The van der Waals surface area contributed by atoms with Gasteiger partial charge in [0, 0.05) is 32.1 Å². The van der Waals surface area contributed by atoms with E-state index in [0.29, 0.717) is 30.9 Å². The summed E-state index contributed by atoms with van der Waals surface area (Å²) in [5.74, 6) is 4.58. The van der Waals surface area contributed by atoms with E-state index in [-0.39, 0.29) is 5.91 Å². The monoisotopic (exact) mass is 370 g/mol. The summed E-state index contributed by atoms with van der Waals surface area (Å²) >= 11 is 0. The van der Waals surface area contributed by atoms with Gasteiger partial charge in [-0.1, -0.05) is 12.1 Å². The van der Waals surface area contributed by atoms with Crippen molar-refractivity contribution in [1.82, 2.24) is 10.2 Å². The summed E-state index contributed by atoms with van der Waals surface area (Å²) in [6.45, 7) is 5.82. The van der Waals surface area contributed by atoms with Crippen molar-refractivity contribution < 1.29 is 14.3 Å². The maximum absolute atomic E-state index is 12.6. The zero-order valence-corrected chi connectivity index (χ0v) is 15.9. The van der Waals surface area contributed by atoms with Crippen LogP contribution >= 0.6 is 0 Å². The van der Waals surface area contributed by atoms with Crippen LogP contribution in [0.2, 0.25) is 0 Å². The van der Waals surface area contributed by atoms with Gasteiger partial charge in [0.2, 0.25) is 5.91 Å². The molecule has 0 aromatic heterocycles. The van der Waals surface area contributed by atoms with Crippen LogP contribution in [0.15, 0.2) is 24.3 Å². The van der Waals surface area contributed by atoms with Crippen LogP contribution in [0.3, 0.4) is 0 Å². The molecule has 1 amide bonds. The van der Waals surface area contributed by atoms with E-state index in [1.807, 2.05) is 12.1 Å². The van der Waals surface area contributed by atoms with Crippen LogP contribution < -0.4 is 10.1 Å². The molecule has 5 nitrogen and oxygen atoms in total. The highest BCUT2D eigenvalue weighted by Crippen LogP contribution is 2.69. The minimum atomic E-state index is 0.278. The molecule has 4 fully saturated rings. The molecule has 1 saturated heterocycles. The van der Waals surface area contributed by atoms with Gasteiger partial charge in [-0.25, -0.2) is 0 Å². The number of fused-ring (bicyclic) bond motifs is 5. The van der Waals surface area contributed by atoms with Crippen LogP contribution in [-0.4, -0.2) is 50.3 Å². The highest BCUT2D eigenvalue weighted by molar-refractivity contribution is 5.82. The fourth-order valence-electron chi connectivity index (χ4n) is 5.85. The van der Waals surface area contributed by atoms with Gasteiger partial charge in [0.25, 0.3) is 0 Å². The Balaban J connectivity index is 1.07. The summed E-state index contributed by atoms with van der Waals surface area (Å²) in [7, 11) is 0. The first-order valence-corrected chi connectivity index (χ1v) is 10.6. The average molecular weight is 370 g/mol. The van der Waals surface area contributed by atoms with E-state index in [2.05, 4.69) is 22.3 Å². The standard InChI is InChI=1S/C22H30N2O3/c25-22(21-19-16-4-5-17(13-16)20(19)21)23-14-15-2-1-3-18(12-15)27-11-8-24-6-9-26-10-7-24/h1-3,12,16-17,19-21H,4-11,13-14H2,(H,23,25)/t16-,17-,19-,20-/m0/s1. The topological polar surface area (TPSA) is 50.8 Å². The number of nitrogens with one attached hydrogen (secondary N) is 1. The second kappa shape index (κ2) is 7.44. The molecule has 0 radical (unpaired) electrons. The number of hydrogen-bond acceptors (Lipinski definition) is 4. The van der Waals surface area contributed by atoms with E-state index in [9.17, 15) is 4.79 Å². The maximum atomic E-state index is 12.6. The molecule has 5 rings (SSSR count). The Hall–Kier alpha value is -1.59. The molecule has 5 heteroatoms. The Kier molecular flexibility index (Phi) is 4.82. The Morgan fingerprint density at radius 3 is 2.74 bits per heavy atom. The number of rotatable bonds is 7. The third kappa shape index (κ3) is 3.59. The first-order valence-electron chi connectivity index (χ1n) is 10.6. The number of benzene rings is 1. The molecule has 4 atom stereocenters. The Labute approximate surface area is 161 Å². The van der Waals surface area contributed by atoms with Crippen LogP contribution in [-0.2, 0) is 16.1 Å². The van der Waals surface area contributed by atoms with Gasteiger partial charge >= 0.3 is 0 Å². The molecule has 4 aliphatic rings. The Morgan fingerprint density at radius 1 is 1.19 bits per heavy atom. The van der Waals surface area contributed by atoms with Crippen molar-refractivity contribution in [3.05, 3.63) is 29.8 Å². The van der Waals surface area contributed by atoms with Crippen molar-refractivity contribution in [3.63, 3.8) is 0 Å². The molecule has 27 heavy (non-hydrogen) atoms. The maximum Gasteiger partial charge on any atom is 0.223 e. The summed E-state index contributed by atoms with van der Waals surface area (Å²) < 4.78 is 11.3. The summed E-state index contributed by atoms with van der Waals surface area (Å²) in [6, 6.07) is 8.12. The smallest absolute Gasteiger partial charge is 0.223 e. The van der Waals surface area contributed by atoms with E-state index in [1.165, 1.54) is 19.3 Å². The fraction of sp³-hybridized carbons (Fsp3) is 0.682. The first-order chi connectivity index (χ1) is 13.3. The lowest BCUT2D eigenvalue weighted by Gasteiger charge is -2.26. The lowest BCUT2D eigenvalue weighted by atomic mass is 10.0. The average Bonchev–Trinajstić information content (AvgIpc) is 3.14. The third-order valence-electron chi connectivity index (χ3n) is 7.18. The van der Waals surface area contributed by atoms with Gasteiger partial charge in [-0.05, 0) is 60.6 Å². The van der Waals surface area contributed by atoms with Crippen molar-refractivity contribution in [3.8, 4) is 5.75 Å². The number of hydrogen-bond donors (Lipinski definition) is 1. The van der Waals surface area contributed by atoms with E-state index in [1.54, 1.807) is 0 Å². The SMILES string of the molecule is O=C(NCc1cccc(OCCN2CCOCC2)c1)C1[C@H]2[C@H]3CC[C@@H](C3)[C@H]12.